The average Bonchev–Trinajstić information content (AvgIpc) is 0.722. The topological polar surface area (TPSA) is 152 Å². The fourth-order valence-corrected chi connectivity index (χ4v) is 0. The standard InChI is InChI=1S/CH4O3S.Ag.3H2O/c1-5(2,3)4;;;;/h1H3,(H,2,3,4);;3*1H2/q;+1;;;/p-1. The predicted molar refractivity (Wildman–Crippen MR) is 26.5 cm³/mol. The van der Waals surface area contributed by atoms with E-state index in [1.165, 1.54) is 0 Å². The first kappa shape index (κ1) is 33.8. The molecule has 0 radical (unpaired) electrons. The van der Waals surface area contributed by atoms with Gasteiger partial charge in [-0.05, 0) is 0 Å². The van der Waals surface area contributed by atoms with E-state index in [9.17, 15) is 0 Å². The first-order valence-corrected chi connectivity index (χ1v) is 2.72. The molecule has 0 rings (SSSR count). The van der Waals surface area contributed by atoms with E-state index >= 15 is 0 Å². The molecule has 0 aromatic heterocycles. The molecule has 0 spiro atoms. The van der Waals surface area contributed by atoms with Crippen molar-refractivity contribution in [1.82, 2.24) is 0 Å². The van der Waals surface area contributed by atoms with Gasteiger partial charge >= 0.3 is 22.4 Å². The Balaban J connectivity index is -0.0000000133. The van der Waals surface area contributed by atoms with Crippen LogP contribution in [0.4, 0.5) is 0 Å². The third-order valence-electron chi connectivity index (χ3n) is 0. The molecule has 0 aromatic carbocycles. The summed E-state index contributed by atoms with van der Waals surface area (Å²) in [5.41, 5.74) is 0. The summed E-state index contributed by atoms with van der Waals surface area (Å²) in [6, 6.07) is 0. The first-order valence-electron chi connectivity index (χ1n) is 0.908. The maximum atomic E-state index is 9.08. The van der Waals surface area contributed by atoms with Gasteiger partial charge in [0, 0.05) is 6.26 Å². The van der Waals surface area contributed by atoms with Gasteiger partial charge in [-0.3, -0.25) is 0 Å². The smallest absolute Gasteiger partial charge is 0.748 e. The Morgan fingerprint density at radius 3 is 1.11 bits per heavy atom. The molecule has 0 fully saturated rings. The summed E-state index contributed by atoms with van der Waals surface area (Å²) in [5.74, 6) is 0. The molecule has 0 atom stereocenters. The molecule has 0 aliphatic rings. The summed E-state index contributed by atoms with van der Waals surface area (Å²) < 4.78 is 27.2. The van der Waals surface area contributed by atoms with Crippen molar-refractivity contribution in [3.63, 3.8) is 0 Å². The second-order valence-electron chi connectivity index (χ2n) is 0.704. The molecule has 0 aromatic rings. The van der Waals surface area contributed by atoms with E-state index in [0.717, 1.165) is 0 Å². The number of rotatable bonds is 0. The largest absolute Gasteiger partial charge is 1.00 e. The van der Waals surface area contributed by atoms with E-state index in [-0.39, 0.29) is 38.8 Å². The SMILES string of the molecule is CS(=O)(=O)[O-].O.O.O.[Ag+]. The van der Waals surface area contributed by atoms with Gasteiger partial charge in [-0.2, -0.15) is 0 Å². The third kappa shape index (κ3) is 1290. The minimum atomic E-state index is -3.92. The maximum absolute atomic E-state index is 9.08. The molecule has 0 bridgehead atoms. The van der Waals surface area contributed by atoms with E-state index < -0.39 is 10.1 Å². The third-order valence-corrected chi connectivity index (χ3v) is 0. The normalized spacial score (nSPS) is 6.44. The molecule has 6 N–H and O–H groups in total. The van der Waals surface area contributed by atoms with Crippen LogP contribution in [0.25, 0.3) is 0 Å². The molecule has 6 nitrogen and oxygen atoms in total. The van der Waals surface area contributed by atoms with Crippen LogP contribution >= 0.6 is 0 Å². The van der Waals surface area contributed by atoms with Crippen LogP contribution in [0.1, 0.15) is 0 Å². The molecule has 66 valence electrons. The molecule has 0 unspecified atom stereocenters. The average molecular weight is 257 g/mol. The summed E-state index contributed by atoms with van der Waals surface area (Å²) in [4.78, 5) is 0. The molecule has 0 amide bonds. The van der Waals surface area contributed by atoms with Gasteiger partial charge in [-0.15, -0.1) is 0 Å². The number of hydrogen-bond acceptors (Lipinski definition) is 3. The summed E-state index contributed by atoms with van der Waals surface area (Å²) in [5, 5.41) is 0. The van der Waals surface area contributed by atoms with Crippen molar-refractivity contribution < 1.29 is 51.8 Å². The molecule has 0 heterocycles. The van der Waals surface area contributed by atoms with Gasteiger partial charge in [0.2, 0.25) is 0 Å². The zero-order valence-electron chi connectivity index (χ0n) is 4.43. The molecule has 9 heavy (non-hydrogen) atoms. The van der Waals surface area contributed by atoms with Crippen molar-refractivity contribution in [2.75, 3.05) is 6.26 Å². The molecule has 8 heteroatoms. The van der Waals surface area contributed by atoms with Gasteiger partial charge in [0.05, 0.1) is 10.1 Å². The molecule has 0 aliphatic carbocycles. The fourth-order valence-electron chi connectivity index (χ4n) is 0. The summed E-state index contributed by atoms with van der Waals surface area (Å²) in [6.07, 6.45) is 0.604. The number of hydrogen-bond donors (Lipinski definition) is 0. The van der Waals surface area contributed by atoms with Crippen molar-refractivity contribution in [2.24, 2.45) is 0 Å². The maximum Gasteiger partial charge on any atom is 1.00 e. The molecule has 0 saturated heterocycles. The van der Waals surface area contributed by atoms with E-state index in [4.69, 9.17) is 13.0 Å². The van der Waals surface area contributed by atoms with Gasteiger partial charge in [0.1, 0.15) is 0 Å². The van der Waals surface area contributed by atoms with E-state index in [1.807, 2.05) is 0 Å². The van der Waals surface area contributed by atoms with Gasteiger partial charge in [0.25, 0.3) is 0 Å². The Hall–Kier alpha value is 0.530. The zero-order chi connectivity index (χ0) is 4.50. The monoisotopic (exact) mass is 256 g/mol. The van der Waals surface area contributed by atoms with Crippen molar-refractivity contribution in [1.29, 1.82) is 0 Å². The van der Waals surface area contributed by atoms with Crippen molar-refractivity contribution in [2.45, 2.75) is 0 Å². The van der Waals surface area contributed by atoms with E-state index in [0.29, 0.717) is 6.26 Å². The van der Waals surface area contributed by atoms with Gasteiger partial charge < -0.3 is 21.0 Å². The molecule has 0 saturated carbocycles. The van der Waals surface area contributed by atoms with Crippen LogP contribution in [-0.4, -0.2) is 35.7 Å². The predicted octanol–water partition coefficient (Wildman–Crippen LogP) is -3.32. The van der Waals surface area contributed by atoms with Crippen LogP contribution < -0.4 is 0 Å². The van der Waals surface area contributed by atoms with Gasteiger partial charge in [-0.25, -0.2) is 8.42 Å². The van der Waals surface area contributed by atoms with Crippen molar-refractivity contribution in [3.05, 3.63) is 0 Å². The van der Waals surface area contributed by atoms with Crippen LogP contribution in [0.2, 0.25) is 0 Å². The fraction of sp³-hybridized carbons (Fsp3) is 1.00. The van der Waals surface area contributed by atoms with Crippen LogP contribution in [-0.2, 0) is 32.5 Å². The first-order chi connectivity index (χ1) is 2.00. The Kier molecular flexibility index (Phi) is 42.6. The molecular formula is CH9AgO6S. The minimum absolute atomic E-state index is 0. The van der Waals surface area contributed by atoms with Crippen LogP contribution in [0.5, 0.6) is 0 Å². The van der Waals surface area contributed by atoms with Crippen molar-refractivity contribution >= 4 is 10.1 Å². The minimum Gasteiger partial charge on any atom is -0.748 e. The summed E-state index contributed by atoms with van der Waals surface area (Å²) >= 11 is 0. The molecular weight excluding hydrogens is 248 g/mol. The van der Waals surface area contributed by atoms with Crippen LogP contribution in [0.3, 0.4) is 0 Å². The zero-order valence-corrected chi connectivity index (χ0v) is 6.73. The van der Waals surface area contributed by atoms with Gasteiger partial charge in [0.15, 0.2) is 0 Å². The summed E-state index contributed by atoms with van der Waals surface area (Å²) in [6.45, 7) is 0. The van der Waals surface area contributed by atoms with E-state index in [2.05, 4.69) is 0 Å². The Bertz CT molecular complexity index is 96.2. The van der Waals surface area contributed by atoms with Gasteiger partial charge in [-0.1, -0.05) is 0 Å². The molecule has 0 aliphatic heterocycles. The van der Waals surface area contributed by atoms with Crippen LogP contribution in [0, 0.1) is 0 Å². The Morgan fingerprint density at radius 1 is 1.11 bits per heavy atom. The summed E-state index contributed by atoms with van der Waals surface area (Å²) in [7, 11) is -3.92. The van der Waals surface area contributed by atoms with E-state index in [1.54, 1.807) is 0 Å². The Morgan fingerprint density at radius 2 is 1.11 bits per heavy atom. The second-order valence-corrected chi connectivity index (χ2v) is 2.11. The second kappa shape index (κ2) is 11.3. The van der Waals surface area contributed by atoms with Crippen molar-refractivity contribution in [3.8, 4) is 0 Å². The Labute approximate surface area is 68.4 Å². The quantitative estimate of drug-likeness (QED) is 0.329. The van der Waals surface area contributed by atoms with Crippen LogP contribution in [0.15, 0.2) is 0 Å².